The molecule has 0 unspecified atom stereocenters. The fourth-order valence-corrected chi connectivity index (χ4v) is 2.65. The first-order valence-corrected chi connectivity index (χ1v) is 8.01. The number of aromatic nitrogens is 3. The predicted molar refractivity (Wildman–Crippen MR) is 95.5 cm³/mol. The maximum absolute atomic E-state index is 12.7. The van der Waals surface area contributed by atoms with Crippen LogP contribution in [0.15, 0.2) is 52.3 Å². The molecule has 0 aliphatic heterocycles. The van der Waals surface area contributed by atoms with Gasteiger partial charge >= 0.3 is 11.4 Å². The van der Waals surface area contributed by atoms with Crippen molar-refractivity contribution >= 4 is 46.4 Å². The minimum absolute atomic E-state index is 0.213. The van der Waals surface area contributed by atoms with Gasteiger partial charge in [-0.1, -0.05) is 46.4 Å². The van der Waals surface area contributed by atoms with Gasteiger partial charge in [0.05, 0.1) is 31.5 Å². The van der Waals surface area contributed by atoms with Crippen molar-refractivity contribution in [1.82, 2.24) is 14.1 Å². The Hall–Kier alpha value is -1.79. The molecule has 1 aromatic heterocycles. The minimum Gasteiger partial charge on any atom is -0.252 e. The Kier molecular flexibility index (Phi) is 4.69. The van der Waals surface area contributed by atoms with Crippen molar-refractivity contribution in [3.05, 3.63) is 83.8 Å². The topological polar surface area (TPSA) is 56.9 Å². The van der Waals surface area contributed by atoms with Crippen LogP contribution in [0.3, 0.4) is 0 Å². The van der Waals surface area contributed by atoms with E-state index in [1.54, 1.807) is 12.1 Å². The molecule has 3 rings (SSSR count). The highest BCUT2D eigenvalue weighted by Crippen LogP contribution is 2.24. The standard InChI is InChI=1S/C15H7Cl4N3O2/c16-10-3-1-8(5-12(10)18)21-7-20-14(23)22(15(21)24)9-2-4-11(17)13(19)6-9/h1-7H. The smallest absolute Gasteiger partial charge is 0.252 e. The van der Waals surface area contributed by atoms with Gasteiger partial charge in [-0.05, 0) is 36.4 Å². The van der Waals surface area contributed by atoms with Crippen molar-refractivity contribution < 1.29 is 0 Å². The maximum atomic E-state index is 12.7. The Morgan fingerprint density at radius 1 is 0.750 bits per heavy atom. The van der Waals surface area contributed by atoms with Gasteiger partial charge in [0, 0.05) is 0 Å². The quantitative estimate of drug-likeness (QED) is 0.650. The lowest BCUT2D eigenvalue weighted by atomic mass is 10.3. The molecule has 2 aromatic carbocycles. The summed E-state index contributed by atoms with van der Waals surface area (Å²) in [6, 6.07) is 9.02. The molecule has 0 atom stereocenters. The van der Waals surface area contributed by atoms with Crippen LogP contribution in [0, 0.1) is 0 Å². The van der Waals surface area contributed by atoms with Crippen LogP contribution in [0.5, 0.6) is 0 Å². The Bertz CT molecular complexity index is 1060. The van der Waals surface area contributed by atoms with E-state index in [1.807, 2.05) is 0 Å². The molecule has 9 heteroatoms. The highest BCUT2D eigenvalue weighted by Gasteiger charge is 2.12. The number of nitrogens with zero attached hydrogens (tertiary/aromatic N) is 3. The zero-order chi connectivity index (χ0) is 17.4. The minimum atomic E-state index is -0.741. The number of rotatable bonds is 2. The van der Waals surface area contributed by atoms with Gasteiger partial charge in [-0.25, -0.2) is 14.2 Å². The molecule has 0 saturated carbocycles. The molecule has 5 nitrogen and oxygen atoms in total. The van der Waals surface area contributed by atoms with Crippen LogP contribution >= 0.6 is 46.4 Å². The molecule has 122 valence electrons. The summed E-state index contributed by atoms with van der Waals surface area (Å²) < 4.78 is 2.05. The number of hydrogen-bond acceptors (Lipinski definition) is 3. The Morgan fingerprint density at radius 3 is 1.88 bits per heavy atom. The fourth-order valence-electron chi connectivity index (χ4n) is 2.06. The summed E-state index contributed by atoms with van der Waals surface area (Å²) in [4.78, 5) is 28.5. The second kappa shape index (κ2) is 6.61. The third kappa shape index (κ3) is 3.08. The van der Waals surface area contributed by atoms with Crippen molar-refractivity contribution in [3.8, 4) is 11.4 Å². The van der Waals surface area contributed by atoms with E-state index in [4.69, 9.17) is 46.4 Å². The first-order chi connectivity index (χ1) is 11.4. The van der Waals surface area contributed by atoms with Gasteiger partial charge in [-0.2, -0.15) is 4.98 Å². The SMILES string of the molecule is O=c1ncn(-c2ccc(Cl)c(Cl)c2)c(=O)n1-c1ccc(Cl)c(Cl)c1. The molecule has 3 aromatic rings. The van der Waals surface area contributed by atoms with Crippen LogP contribution in [0.2, 0.25) is 20.1 Å². The maximum Gasteiger partial charge on any atom is 0.357 e. The summed E-state index contributed by atoms with van der Waals surface area (Å²) in [6.45, 7) is 0. The summed E-state index contributed by atoms with van der Waals surface area (Å²) in [7, 11) is 0. The molecule has 0 saturated heterocycles. The molecule has 0 radical (unpaired) electrons. The summed E-state index contributed by atoms with van der Waals surface area (Å²) >= 11 is 23.7. The van der Waals surface area contributed by atoms with Crippen LogP contribution in [0.25, 0.3) is 11.4 Å². The van der Waals surface area contributed by atoms with Crippen molar-refractivity contribution in [1.29, 1.82) is 0 Å². The van der Waals surface area contributed by atoms with Gasteiger partial charge < -0.3 is 0 Å². The van der Waals surface area contributed by atoms with Gasteiger partial charge in [0.2, 0.25) is 0 Å². The lowest BCUT2D eigenvalue weighted by molar-refractivity contribution is 0.746. The van der Waals surface area contributed by atoms with E-state index < -0.39 is 11.4 Å². The zero-order valence-electron chi connectivity index (χ0n) is 11.7. The van der Waals surface area contributed by atoms with E-state index in [-0.39, 0.29) is 15.7 Å². The summed E-state index contributed by atoms with van der Waals surface area (Å²) in [5.41, 5.74) is -0.710. The van der Waals surface area contributed by atoms with Crippen molar-refractivity contribution in [3.63, 3.8) is 0 Å². The summed E-state index contributed by atoms with van der Waals surface area (Å²) in [5.74, 6) is 0. The van der Waals surface area contributed by atoms with Gasteiger partial charge in [-0.3, -0.25) is 4.57 Å². The summed E-state index contributed by atoms with van der Waals surface area (Å²) in [6.07, 6.45) is 1.12. The fraction of sp³-hybridized carbons (Fsp3) is 0. The van der Waals surface area contributed by atoms with Gasteiger partial charge in [0.15, 0.2) is 0 Å². The molecule has 0 spiro atoms. The van der Waals surface area contributed by atoms with Crippen molar-refractivity contribution in [2.45, 2.75) is 0 Å². The summed E-state index contributed by atoms with van der Waals surface area (Å²) in [5, 5.41) is 1.14. The van der Waals surface area contributed by atoms with Crippen LogP contribution in [0.1, 0.15) is 0 Å². The normalized spacial score (nSPS) is 10.8. The number of hydrogen-bond donors (Lipinski definition) is 0. The van der Waals surface area contributed by atoms with E-state index in [9.17, 15) is 9.59 Å². The second-order valence-electron chi connectivity index (χ2n) is 4.71. The number of halogens is 4. The highest BCUT2D eigenvalue weighted by molar-refractivity contribution is 6.42. The van der Waals surface area contributed by atoms with E-state index in [0.29, 0.717) is 15.7 Å². The van der Waals surface area contributed by atoms with E-state index in [1.165, 1.54) is 28.8 Å². The molecule has 0 aliphatic carbocycles. The number of benzene rings is 2. The molecule has 0 bridgehead atoms. The largest absolute Gasteiger partial charge is 0.357 e. The van der Waals surface area contributed by atoms with Crippen LogP contribution in [-0.4, -0.2) is 14.1 Å². The highest BCUT2D eigenvalue weighted by atomic mass is 35.5. The van der Waals surface area contributed by atoms with Crippen LogP contribution in [-0.2, 0) is 0 Å². The third-order valence-corrected chi connectivity index (χ3v) is 4.69. The van der Waals surface area contributed by atoms with E-state index >= 15 is 0 Å². The zero-order valence-corrected chi connectivity index (χ0v) is 14.7. The molecule has 0 fully saturated rings. The Labute approximate surface area is 155 Å². The lowest BCUT2D eigenvalue weighted by Crippen LogP contribution is -2.39. The monoisotopic (exact) mass is 401 g/mol. The molecule has 0 N–H and O–H groups in total. The first-order valence-electron chi connectivity index (χ1n) is 6.50. The lowest BCUT2D eigenvalue weighted by Gasteiger charge is -2.10. The van der Waals surface area contributed by atoms with Gasteiger partial charge in [0.1, 0.15) is 6.33 Å². The molecular formula is C15H7Cl4N3O2. The average Bonchev–Trinajstić information content (AvgIpc) is 2.54. The first kappa shape index (κ1) is 17.0. The second-order valence-corrected chi connectivity index (χ2v) is 6.34. The van der Waals surface area contributed by atoms with E-state index in [2.05, 4.69) is 4.98 Å². The predicted octanol–water partition coefficient (Wildman–Crippen LogP) is 4.00. The van der Waals surface area contributed by atoms with Crippen molar-refractivity contribution in [2.75, 3.05) is 0 Å². The van der Waals surface area contributed by atoms with Crippen LogP contribution in [0.4, 0.5) is 0 Å². The average molecular weight is 403 g/mol. The van der Waals surface area contributed by atoms with Crippen molar-refractivity contribution in [2.24, 2.45) is 0 Å². The third-order valence-electron chi connectivity index (χ3n) is 3.22. The molecule has 0 aliphatic rings. The van der Waals surface area contributed by atoms with Gasteiger partial charge in [-0.15, -0.1) is 0 Å². The molecule has 1 heterocycles. The molecular weight excluding hydrogens is 396 g/mol. The van der Waals surface area contributed by atoms with E-state index in [0.717, 1.165) is 10.9 Å². The Morgan fingerprint density at radius 2 is 1.29 bits per heavy atom. The molecule has 24 heavy (non-hydrogen) atoms. The van der Waals surface area contributed by atoms with Crippen LogP contribution < -0.4 is 11.4 Å². The van der Waals surface area contributed by atoms with Gasteiger partial charge in [0.25, 0.3) is 0 Å². The molecule has 0 amide bonds. The Balaban J connectivity index is 2.25.